The molecule has 0 saturated heterocycles. The van der Waals surface area contributed by atoms with Crippen molar-refractivity contribution in [2.75, 3.05) is 6.54 Å². The van der Waals surface area contributed by atoms with Crippen molar-refractivity contribution in [3.63, 3.8) is 0 Å². The number of hydrogen-bond donors (Lipinski definition) is 2. The predicted molar refractivity (Wildman–Crippen MR) is 81.8 cm³/mol. The van der Waals surface area contributed by atoms with Crippen molar-refractivity contribution < 1.29 is 13.9 Å². The minimum Gasteiger partial charge on any atom is -0.478 e. The van der Waals surface area contributed by atoms with Gasteiger partial charge in [0.15, 0.2) is 17.7 Å². The van der Waals surface area contributed by atoms with Crippen LogP contribution in [0, 0.1) is 5.82 Å². The molecule has 1 aromatic rings. The molecule has 0 aliphatic rings. The van der Waals surface area contributed by atoms with Crippen LogP contribution in [-0.2, 0) is 11.2 Å². The van der Waals surface area contributed by atoms with Gasteiger partial charge in [-0.15, -0.1) is 0 Å². The number of halogens is 1. The topological polar surface area (TPSA) is 64.3 Å². The van der Waals surface area contributed by atoms with E-state index in [-0.39, 0.29) is 17.7 Å². The van der Waals surface area contributed by atoms with Crippen LogP contribution in [0.4, 0.5) is 4.39 Å². The lowest BCUT2D eigenvalue weighted by molar-refractivity contribution is -0.127. The first-order chi connectivity index (χ1) is 9.97. The van der Waals surface area contributed by atoms with Gasteiger partial charge in [-0.1, -0.05) is 19.9 Å². The van der Waals surface area contributed by atoms with E-state index in [0.29, 0.717) is 13.0 Å². The van der Waals surface area contributed by atoms with Crippen LogP contribution in [0.25, 0.3) is 0 Å². The van der Waals surface area contributed by atoms with Crippen molar-refractivity contribution in [1.29, 1.82) is 0 Å². The van der Waals surface area contributed by atoms with Gasteiger partial charge in [-0.05, 0) is 43.9 Å². The number of amides is 1. The van der Waals surface area contributed by atoms with Crippen LogP contribution < -0.4 is 15.8 Å². The van der Waals surface area contributed by atoms with Gasteiger partial charge in [0.25, 0.3) is 5.91 Å². The SMILES string of the molecule is CCCNC(=O)C(C)Oc1ccc(CC(N)CC)cc1F. The Morgan fingerprint density at radius 3 is 2.71 bits per heavy atom. The predicted octanol–water partition coefficient (Wildman–Crippen LogP) is 2.40. The van der Waals surface area contributed by atoms with E-state index in [1.165, 1.54) is 6.07 Å². The van der Waals surface area contributed by atoms with Gasteiger partial charge in [-0.25, -0.2) is 4.39 Å². The van der Waals surface area contributed by atoms with Crippen molar-refractivity contribution in [3.8, 4) is 5.75 Å². The average molecular weight is 296 g/mol. The van der Waals surface area contributed by atoms with Gasteiger partial charge in [0, 0.05) is 12.6 Å². The van der Waals surface area contributed by atoms with E-state index in [1.807, 2.05) is 13.8 Å². The molecule has 0 radical (unpaired) electrons. The Morgan fingerprint density at radius 1 is 1.43 bits per heavy atom. The van der Waals surface area contributed by atoms with Crippen LogP contribution >= 0.6 is 0 Å². The zero-order valence-electron chi connectivity index (χ0n) is 13.0. The van der Waals surface area contributed by atoms with Crippen LogP contribution in [0.3, 0.4) is 0 Å². The summed E-state index contributed by atoms with van der Waals surface area (Å²) in [6.07, 6.45) is 1.59. The summed E-state index contributed by atoms with van der Waals surface area (Å²) in [5.74, 6) is -0.623. The Bertz CT molecular complexity index is 466. The Hall–Kier alpha value is -1.62. The number of nitrogens with one attached hydrogen (secondary N) is 1. The molecule has 3 N–H and O–H groups in total. The first kappa shape index (κ1) is 17.4. The lowest BCUT2D eigenvalue weighted by Gasteiger charge is -2.16. The molecule has 5 heteroatoms. The maximum atomic E-state index is 14.0. The lowest BCUT2D eigenvalue weighted by Crippen LogP contribution is -2.36. The molecule has 0 aliphatic heterocycles. The highest BCUT2D eigenvalue weighted by molar-refractivity contribution is 5.80. The summed E-state index contributed by atoms with van der Waals surface area (Å²) < 4.78 is 19.4. The highest BCUT2D eigenvalue weighted by atomic mass is 19.1. The summed E-state index contributed by atoms with van der Waals surface area (Å²) in [7, 11) is 0. The summed E-state index contributed by atoms with van der Waals surface area (Å²) in [4.78, 5) is 11.7. The highest BCUT2D eigenvalue weighted by Crippen LogP contribution is 2.20. The molecule has 2 unspecified atom stereocenters. The molecule has 2 atom stereocenters. The minimum absolute atomic E-state index is 0.0231. The van der Waals surface area contributed by atoms with Crippen LogP contribution in [0.2, 0.25) is 0 Å². The lowest BCUT2D eigenvalue weighted by atomic mass is 10.0. The fourth-order valence-electron chi connectivity index (χ4n) is 1.85. The quantitative estimate of drug-likeness (QED) is 0.774. The van der Waals surface area contributed by atoms with Crippen LogP contribution in [0.15, 0.2) is 18.2 Å². The van der Waals surface area contributed by atoms with Crippen LogP contribution in [-0.4, -0.2) is 24.6 Å². The number of carbonyl (C=O) groups is 1. The van der Waals surface area contributed by atoms with E-state index in [4.69, 9.17) is 10.5 Å². The van der Waals surface area contributed by atoms with Crippen molar-refractivity contribution in [2.24, 2.45) is 5.73 Å². The number of hydrogen-bond acceptors (Lipinski definition) is 3. The summed E-state index contributed by atoms with van der Waals surface area (Å²) in [6, 6.07) is 4.78. The molecule has 1 amide bonds. The third-order valence-corrected chi connectivity index (χ3v) is 3.24. The van der Waals surface area contributed by atoms with Crippen molar-refractivity contribution in [1.82, 2.24) is 5.32 Å². The van der Waals surface area contributed by atoms with E-state index in [1.54, 1.807) is 19.1 Å². The normalized spacial score (nSPS) is 13.6. The summed E-state index contributed by atoms with van der Waals surface area (Å²) >= 11 is 0. The number of benzene rings is 1. The van der Waals surface area contributed by atoms with E-state index in [0.717, 1.165) is 18.4 Å². The van der Waals surface area contributed by atoms with Crippen molar-refractivity contribution in [3.05, 3.63) is 29.6 Å². The van der Waals surface area contributed by atoms with Gasteiger partial charge in [0.05, 0.1) is 0 Å². The largest absolute Gasteiger partial charge is 0.478 e. The third-order valence-electron chi connectivity index (χ3n) is 3.24. The van der Waals surface area contributed by atoms with E-state index in [9.17, 15) is 9.18 Å². The van der Waals surface area contributed by atoms with Crippen molar-refractivity contribution >= 4 is 5.91 Å². The van der Waals surface area contributed by atoms with Gasteiger partial charge in [-0.2, -0.15) is 0 Å². The summed E-state index contributed by atoms with van der Waals surface area (Å²) in [5.41, 5.74) is 6.68. The molecule has 0 aliphatic carbocycles. The molecular weight excluding hydrogens is 271 g/mol. The Balaban J connectivity index is 2.65. The fourth-order valence-corrected chi connectivity index (χ4v) is 1.85. The van der Waals surface area contributed by atoms with E-state index < -0.39 is 11.9 Å². The summed E-state index contributed by atoms with van der Waals surface area (Å²) in [6.45, 7) is 6.15. The molecule has 4 nitrogen and oxygen atoms in total. The monoisotopic (exact) mass is 296 g/mol. The average Bonchev–Trinajstić information content (AvgIpc) is 2.47. The van der Waals surface area contributed by atoms with Gasteiger partial charge in [0.2, 0.25) is 0 Å². The van der Waals surface area contributed by atoms with Crippen LogP contribution in [0.1, 0.15) is 39.2 Å². The van der Waals surface area contributed by atoms with Gasteiger partial charge >= 0.3 is 0 Å². The molecule has 1 aromatic carbocycles. The molecule has 0 spiro atoms. The number of rotatable bonds is 8. The second-order valence-corrected chi connectivity index (χ2v) is 5.19. The highest BCUT2D eigenvalue weighted by Gasteiger charge is 2.16. The van der Waals surface area contributed by atoms with Gasteiger partial charge < -0.3 is 15.8 Å². The molecule has 0 saturated carbocycles. The number of nitrogens with two attached hydrogens (primary N) is 1. The molecule has 0 bridgehead atoms. The van der Waals surface area contributed by atoms with Gasteiger partial charge in [-0.3, -0.25) is 4.79 Å². The smallest absolute Gasteiger partial charge is 0.260 e. The second kappa shape index (κ2) is 8.62. The first-order valence-electron chi connectivity index (χ1n) is 7.46. The fraction of sp³-hybridized carbons (Fsp3) is 0.562. The first-order valence-corrected chi connectivity index (χ1v) is 7.46. The minimum atomic E-state index is -0.727. The molecule has 0 fully saturated rings. The maximum absolute atomic E-state index is 14.0. The van der Waals surface area contributed by atoms with Crippen LogP contribution in [0.5, 0.6) is 5.75 Å². The molecular formula is C16H25FN2O2. The molecule has 118 valence electrons. The molecule has 0 heterocycles. The van der Waals surface area contributed by atoms with E-state index >= 15 is 0 Å². The zero-order chi connectivity index (χ0) is 15.8. The Kier molecular flexibility index (Phi) is 7.15. The Morgan fingerprint density at radius 2 is 2.14 bits per heavy atom. The second-order valence-electron chi connectivity index (χ2n) is 5.19. The Labute approximate surface area is 125 Å². The van der Waals surface area contributed by atoms with Crippen molar-refractivity contribution in [2.45, 2.75) is 52.2 Å². The standard InChI is InChI=1S/C16H25FN2O2/c1-4-8-19-16(20)11(3)21-15-7-6-12(10-14(15)17)9-13(18)5-2/h6-7,10-11,13H,4-5,8-9,18H2,1-3H3,(H,19,20). The molecule has 1 rings (SSSR count). The maximum Gasteiger partial charge on any atom is 0.260 e. The van der Waals surface area contributed by atoms with Gasteiger partial charge in [0.1, 0.15) is 0 Å². The molecule has 0 aromatic heterocycles. The zero-order valence-corrected chi connectivity index (χ0v) is 13.0. The number of ether oxygens (including phenoxy) is 1. The third kappa shape index (κ3) is 5.71. The molecule has 21 heavy (non-hydrogen) atoms. The number of carbonyl (C=O) groups excluding carboxylic acids is 1. The summed E-state index contributed by atoms with van der Waals surface area (Å²) in [5, 5.41) is 2.71. The van der Waals surface area contributed by atoms with E-state index in [2.05, 4.69) is 5.32 Å².